The summed E-state index contributed by atoms with van der Waals surface area (Å²) in [6.07, 6.45) is 5.18. The number of carbonyl (C=O) groups is 2. The van der Waals surface area contributed by atoms with Gasteiger partial charge in [0.2, 0.25) is 11.8 Å². The fourth-order valence-electron chi connectivity index (χ4n) is 3.25. The van der Waals surface area contributed by atoms with Gasteiger partial charge in [-0.1, -0.05) is 66.4 Å². The third-order valence-electron chi connectivity index (χ3n) is 4.86. The Morgan fingerprint density at radius 1 is 1.00 bits per heavy atom. The van der Waals surface area contributed by atoms with Crippen molar-refractivity contribution in [2.24, 2.45) is 10.2 Å². The molecule has 1 saturated heterocycles. The highest BCUT2D eigenvalue weighted by molar-refractivity contribution is 8.16. The van der Waals surface area contributed by atoms with Crippen molar-refractivity contribution in [3.8, 4) is 5.75 Å². The number of benzene rings is 3. The van der Waals surface area contributed by atoms with Crippen LogP contribution in [0.3, 0.4) is 0 Å². The quantitative estimate of drug-likeness (QED) is 0.378. The molecule has 34 heavy (non-hydrogen) atoms. The molecule has 1 unspecified atom stereocenters. The third-order valence-corrected chi connectivity index (χ3v) is 5.98. The van der Waals surface area contributed by atoms with E-state index < -0.39 is 5.25 Å². The maximum Gasteiger partial charge on any atom is 0.247 e. The molecule has 1 aliphatic heterocycles. The second-order valence-electron chi connectivity index (χ2n) is 7.33. The minimum atomic E-state index is -0.647. The molecule has 0 bridgehead atoms. The Kier molecular flexibility index (Phi) is 7.52. The number of allylic oxidation sites excluding steroid dienone is 1. The van der Waals surface area contributed by atoms with Crippen LogP contribution >= 0.6 is 11.8 Å². The van der Waals surface area contributed by atoms with Gasteiger partial charge in [0.25, 0.3) is 0 Å². The van der Waals surface area contributed by atoms with Crippen molar-refractivity contribution in [1.82, 2.24) is 0 Å². The van der Waals surface area contributed by atoms with Gasteiger partial charge in [0.05, 0.1) is 5.69 Å². The summed E-state index contributed by atoms with van der Waals surface area (Å²) in [5.41, 5.74) is 2.24. The highest BCUT2D eigenvalue weighted by Gasteiger charge is 2.40. The van der Waals surface area contributed by atoms with Crippen molar-refractivity contribution in [3.63, 3.8) is 0 Å². The number of para-hydroxylation sites is 1. The van der Waals surface area contributed by atoms with Crippen molar-refractivity contribution < 1.29 is 14.7 Å². The van der Waals surface area contributed by atoms with Crippen LogP contribution in [0.15, 0.2) is 101 Å². The second kappa shape index (κ2) is 11.1. The highest BCUT2D eigenvalue weighted by Crippen LogP contribution is 2.34. The Balaban J connectivity index is 1.50. The topological polar surface area (TPSA) is 94.4 Å². The predicted octanol–water partition coefficient (Wildman–Crippen LogP) is 4.92. The van der Waals surface area contributed by atoms with Gasteiger partial charge >= 0.3 is 0 Å². The molecule has 0 aliphatic carbocycles. The van der Waals surface area contributed by atoms with E-state index in [4.69, 9.17) is 0 Å². The first-order chi connectivity index (χ1) is 16.6. The average Bonchev–Trinajstić information content (AvgIpc) is 3.15. The molecule has 1 aliphatic rings. The number of amidine groups is 1. The molecule has 3 aromatic carbocycles. The lowest BCUT2D eigenvalue weighted by atomic mass is 10.2. The average molecular weight is 471 g/mol. The van der Waals surface area contributed by atoms with Gasteiger partial charge in [0.15, 0.2) is 5.17 Å². The first kappa shape index (κ1) is 23.0. The van der Waals surface area contributed by atoms with Crippen molar-refractivity contribution in [1.29, 1.82) is 0 Å². The Morgan fingerprint density at radius 2 is 1.68 bits per heavy atom. The van der Waals surface area contributed by atoms with Gasteiger partial charge in [0.1, 0.15) is 11.0 Å². The zero-order chi connectivity index (χ0) is 23.8. The van der Waals surface area contributed by atoms with E-state index in [-0.39, 0.29) is 24.0 Å². The zero-order valence-corrected chi connectivity index (χ0v) is 18.9. The smallest absolute Gasteiger partial charge is 0.247 e. The van der Waals surface area contributed by atoms with E-state index in [1.165, 1.54) is 35.0 Å². The number of phenols is 1. The third kappa shape index (κ3) is 5.99. The molecule has 2 amide bonds. The van der Waals surface area contributed by atoms with Crippen LogP contribution in [-0.4, -0.2) is 33.6 Å². The molecular formula is C26H22N4O3S. The minimum Gasteiger partial charge on any atom is -0.508 e. The lowest BCUT2D eigenvalue weighted by molar-refractivity contribution is -0.121. The molecular weight excluding hydrogens is 448 g/mol. The molecule has 2 N–H and O–H groups in total. The van der Waals surface area contributed by atoms with Gasteiger partial charge < -0.3 is 10.4 Å². The number of hydrogen-bond donors (Lipinski definition) is 2. The lowest BCUT2D eigenvalue weighted by Crippen LogP contribution is -2.33. The molecule has 0 saturated carbocycles. The number of carbonyl (C=O) groups excluding carboxylic acids is 2. The SMILES string of the molecule is O=C(CC1SC(=NN=CC=Cc2ccccc2)N(c2ccc(O)cc2)C1=O)Nc1ccccc1. The van der Waals surface area contributed by atoms with Crippen molar-refractivity contribution in [2.45, 2.75) is 11.7 Å². The number of rotatable bonds is 7. The molecule has 1 atom stereocenters. The molecule has 7 nitrogen and oxygen atoms in total. The van der Waals surface area contributed by atoms with Gasteiger partial charge in [-0.05, 0) is 48.0 Å². The van der Waals surface area contributed by atoms with E-state index in [2.05, 4.69) is 15.5 Å². The van der Waals surface area contributed by atoms with Crippen LogP contribution in [0.4, 0.5) is 11.4 Å². The normalized spacial score (nSPS) is 17.2. The van der Waals surface area contributed by atoms with E-state index >= 15 is 0 Å². The molecule has 1 fully saturated rings. The van der Waals surface area contributed by atoms with Crippen LogP contribution in [0.2, 0.25) is 0 Å². The largest absolute Gasteiger partial charge is 0.508 e. The number of phenolic OH excluding ortho intramolecular Hbond substituents is 1. The first-order valence-electron chi connectivity index (χ1n) is 10.6. The highest BCUT2D eigenvalue weighted by atomic mass is 32.2. The van der Waals surface area contributed by atoms with Gasteiger partial charge in [-0.2, -0.15) is 5.10 Å². The number of amides is 2. The summed E-state index contributed by atoms with van der Waals surface area (Å²) < 4.78 is 0. The maximum absolute atomic E-state index is 13.2. The fraction of sp³-hybridized carbons (Fsp3) is 0.0769. The standard InChI is InChI=1S/C26H22N4O3S/c31-22-15-13-21(14-16-22)30-25(33)23(18-24(32)28-20-11-5-2-6-12-20)34-26(30)29-27-17-7-10-19-8-3-1-4-9-19/h1-17,23,31H,18H2,(H,28,32). The van der Waals surface area contributed by atoms with Gasteiger partial charge in [-0.15, -0.1) is 5.10 Å². The number of thioether (sulfide) groups is 1. The number of nitrogens with zero attached hydrogens (tertiary/aromatic N) is 3. The van der Waals surface area contributed by atoms with Crippen LogP contribution in [0.1, 0.15) is 12.0 Å². The molecule has 0 radical (unpaired) electrons. The number of aromatic hydroxyl groups is 1. The van der Waals surface area contributed by atoms with E-state index in [9.17, 15) is 14.7 Å². The predicted molar refractivity (Wildman–Crippen MR) is 138 cm³/mol. The summed E-state index contributed by atoms with van der Waals surface area (Å²) in [4.78, 5) is 27.1. The van der Waals surface area contributed by atoms with Crippen molar-refractivity contribution >= 4 is 52.4 Å². The van der Waals surface area contributed by atoms with E-state index in [1.807, 2.05) is 54.6 Å². The summed E-state index contributed by atoms with van der Waals surface area (Å²) in [6, 6.07) is 25.1. The van der Waals surface area contributed by atoms with E-state index in [1.54, 1.807) is 30.3 Å². The monoisotopic (exact) mass is 470 g/mol. The molecule has 1 heterocycles. The van der Waals surface area contributed by atoms with Crippen molar-refractivity contribution in [3.05, 3.63) is 96.6 Å². The molecule has 0 aromatic heterocycles. The number of nitrogens with one attached hydrogen (secondary N) is 1. The van der Waals surface area contributed by atoms with Crippen LogP contribution < -0.4 is 10.2 Å². The van der Waals surface area contributed by atoms with Crippen LogP contribution in [-0.2, 0) is 9.59 Å². The summed E-state index contributed by atoms with van der Waals surface area (Å²) in [7, 11) is 0. The van der Waals surface area contributed by atoms with Gasteiger partial charge in [0, 0.05) is 18.3 Å². The molecule has 3 aromatic rings. The Labute approximate surface area is 201 Å². The second-order valence-corrected chi connectivity index (χ2v) is 8.50. The van der Waals surface area contributed by atoms with Gasteiger partial charge in [-0.3, -0.25) is 14.5 Å². The first-order valence-corrected chi connectivity index (χ1v) is 11.5. The zero-order valence-electron chi connectivity index (χ0n) is 18.1. The van der Waals surface area contributed by atoms with E-state index in [0.717, 1.165) is 5.56 Å². The Hall–Kier alpha value is -4.17. The summed E-state index contributed by atoms with van der Waals surface area (Å²) >= 11 is 1.18. The lowest BCUT2D eigenvalue weighted by Gasteiger charge is -2.15. The van der Waals surface area contributed by atoms with Crippen LogP contribution in [0.5, 0.6) is 5.75 Å². The Morgan fingerprint density at radius 3 is 2.38 bits per heavy atom. The van der Waals surface area contributed by atoms with Gasteiger partial charge in [-0.25, -0.2) is 0 Å². The van der Waals surface area contributed by atoms with Crippen molar-refractivity contribution in [2.75, 3.05) is 10.2 Å². The summed E-state index contributed by atoms with van der Waals surface area (Å²) in [5, 5.41) is 20.5. The van der Waals surface area contributed by atoms with Crippen LogP contribution in [0.25, 0.3) is 6.08 Å². The molecule has 170 valence electrons. The number of hydrogen-bond acceptors (Lipinski definition) is 6. The molecule has 0 spiro atoms. The Bertz CT molecular complexity index is 1230. The molecule has 8 heteroatoms. The fourth-order valence-corrected chi connectivity index (χ4v) is 4.34. The summed E-state index contributed by atoms with van der Waals surface area (Å²) in [5.74, 6) is -0.449. The number of anilines is 2. The van der Waals surface area contributed by atoms with E-state index in [0.29, 0.717) is 16.5 Å². The maximum atomic E-state index is 13.2. The summed E-state index contributed by atoms with van der Waals surface area (Å²) in [6.45, 7) is 0. The van der Waals surface area contributed by atoms with Crippen LogP contribution in [0, 0.1) is 0 Å². The minimum absolute atomic E-state index is 0.0103. The molecule has 4 rings (SSSR count).